The Labute approximate surface area is 247 Å². The summed E-state index contributed by atoms with van der Waals surface area (Å²) in [5.41, 5.74) is 2.75. The fraction of sp³-hybridized carbons (Fsp3) is 0.208. The second-order valence-electron chi connectivity index (χ2n) is 7.53. The molecule has 4 aromatic rings. The van der Waals surface area contributed by atoms with Crippen molar-refractivity contribution in [2.75, 3.05) is 14.2 Å². The van der Waals surface area contributed by atoms with Crippen molar-refractivity contribution in [2.24, 2.45) is 0 Å². The maximum atomic E-state index is 12.3. The first-order chi connectivity index (χ1) is 18.6. The van der Waals surface area contributed by atoms with Gasteiger partial charge in [-0.2, -0.15) is 0 Å². The van der Waals surface area contributed by atoms with Gasteiger partial charge >= 0.3 is 32.9 Å². The average molecular weight is 749 g/mol. The molecule has 3 heterocycles. The van der Waals surface area contributed by atoms with Gasteiger partial charge in [-0.25, -0.2) is 4.79 Å². The summed E-state index contributed by atoms with van der Waals surface area (Å²) in [6, 6.07) is 16.7. The first-order valence-electron chi connectivity index (χ1n) is 11.0. The molecule has 0 aliphatic rings. The summed E-state index contributed by atoms with van der Waals surface area (Å²) in [6.45, 7) is 1.71. The van der Waals surface area contributed by atoms with Crippen molar-refractivity contribution in [1.29, 1.82) is 0 Å². The topological polar surface area (TPSA) is 210 Å². The van der Waals surface area contributed by atoms with E-state index < -0.39 is 15.8 Å². The van der Waals surface area contributed by atoms with Crippen molar-refractivity contribution < 1.29 is 24.1 Å². The Hall–Kier alpha value is -4.39. The number of hydrogen-bond donors (Lipinski definition) is 0. The molecule has 15 nitrogen and oxygen atoms in total. The van der Waals surface area contributed by atoms with E-state index in [2.05, 4.69) is 14.9 Å². The first-order valence-corrected chi connectivity index (χ1v) is 11.0. The van der Waals surface area contributed by atoms with Crippen molar-refractivity contribution in [3.8, 4) is 11.5 Å². The SMILES string of the molecule is COc1cc2oc(=O)cc(CN(Cc3ccccn3)Cc3ccccn3)c2cc1OC.O=[N+]([O-])[O-].O=[N+]([O-])[O-].[Pb+2]. The molecule has 1 aromatic carbocycles. The predicted molar refractivity (Wildman–Crippen MR) is 143 cm³/mol. The molecule has 16 heteroatoms. The van der Waals surface area contributed by atoms with E-state index in [9.17, 15) is 4.79 Å². The Kier molecular flexibility index (Phi) is 14.5. The molecule has 3 aromatic heterocycles. The van der Waals surface area contributed by atoms with E-state index in [-0.39, 0.29) is 27.3 Å². The van der Waals surface area contributed by atoms with Gasteiger partial charge in [0.25, 0.3) is 0 Å². The Morgan fingerprint density at radius 1 is 0.800 bits per heavy atom. The van der Waals surface area contributed by atoms with Gasteiger partial charge in [0.05, 0.1) is 35.8 Å². The second-order valence-corrected chi connectivity index (χ2v) is 7.53. The van der Waals surface area contributed by atoms with Gasteiger partial charge in [0.1, 0.15) is 5.58 Å². The Bertz CT molecular complexity index is 1360. The fourth-order valence-electron chi connectivity index (χ4n) is 3.53. The second kappa shape index (κ2) is 17.2. The third kappa shape index (κ3) is 11.6. The summed E-state index contributed by atoms with van der Waals surface area (Å²) in [6.07, 6.45) is 3.55. The number of ether oxygens (including phenoxy) is 2. The standard InChI is InChI=1S/C24H23N3O4.2NO3.Pb/c1-29-22-12-20-17(11-24(28)31-21(20)13-23(22)30-2)14-27(15-18-7-3-5-9-25-18)16-19-8-4-6-10-26-19;2*2-1(3)4;/h3-13H,14-16H2,1-2H3;;;/q;2*-1;+2. The van der Waals surface area contributed by atoms with Crippen LogP contribution in [0.5, 0.6) is 11.5 Å². The van der Waals surface area contributed by atoms with Gasteiger partial charge in [-0.15, -0.1) is 0 Å². The van der Waals surface area contributed by atoms with Gasteiger partial charge in [-0.1, -0.05) is 12.1 Å². The summed E-state index contributed by atoms with van der Waals surface area (Å²) < 4.78 is 16.2. The first kappa shape index (κ1) is 33.6. The molecule has 0 fully saturated rings. The van der Waals surface area contributed by atoms with Crippen LogP contribution in [0.1, 0.15) is 17.0 Å². The molecule has 208 valence electrons. The van der Waals surface area contributed by atoms with E-state index in [0.717, 1.165) is 22.3 Å². The average Bonchev–Trinajstić information content (AvgIpc) is 2.88. The molecule has 4 rings (SSSR count). The molecule has 0 bridgehead atoms. The molecule has 0 amide bonds. The molecule has 0 saturated heterocycles. The van der Waals surface area contributed by atoms with E-state index in [1.165, 1.54) is 6.07 Å². The number of aromatic nitrogens is 2. The van der Waals surface area contributed by atoms with E-state index in [1.807, 2.05) is 42.5 Å². The molecule has 2 radical (unpaired) electrons. The van der Waals surface area contributed by atoms with Crippen LogP contribution < -0.4 is 15.1 Å². The molecule has 0 aliphatic heterocycles. The van der Waals surface area contributed by atoms with E-state index in [4.69, 9.17) is 44.5 Å². The molecule has 0 spiro atoms. The van der Waals surface area contributed by atoms with E-state index in [0.29, 0.717) is 36.7 Å². The van der Waals surface area contributed by atoms with Gasteiger partial charge in [0, 0.05) is 49.5 Å². The molecule has 0 N–H and O–H groups in total. The van der Waals surface area contributed by atoms with Gasteiger partial charge in [-0.3, -0.25) is 14.9 Å². The predicted octanol–water partition coefficient (Wildman–Crippen LogP) is 2.94. The molecule has 0 atom stereocenters. The summed E-state index contributed by atoms with van der Waals surface area (Å²) in [5, 5.41) is 30.3. The summed E-state index contributed by atoms with van der Waals surface area (Å²) in [4.78, 5) is 39.9. The van der Waals surface area contributed by atoms with Crippen LogP contribution in [0.3, 0.4) is 0 Å². The van der Waals surface area contributed by atoms with Crippen LogP contribution in [0, 0.1) is 30.6 Å². The van der Waals surface area contributed by atoms with Gasteiger partial charge in [-0.05, 0) is 35.9 Å². The van der Waals surface area contributed by atoms with E-state index >= 15 is 0 Å². The largest absolute Gasteiger partial charge is 2.00 e. The minimum Gasteiger partial charge on any atom is -0.493 e. The van der Waals surface area contributed by atoms with Crippen molar-refractivity contribution in [2.45, 2.75) is 19.6 Å². The molecule has 40 heavy (non-hydrogen) atoms. The summed E-state index contributed by atoms with van der Waals surface area (Å²) in [7, 11) is 3.13. The van der Waals surface area contributed by atoms with Gasteiger partial charge in [0.15, 0.2) is 11.5 Å². The Balaban J connectivity index is 0.000000789. The monoisotopic (exact) mass is 749 g/mol. The number of rotatable bonds is 8. The third-order valence-corrected chi connectivity index (χ3v) is 4.95. The number of pyridine rings is 2. The molecular formula is C24H23N5O10Pb. The number of nitrogens with zero attached hydrogens (tertiary/aromatic N) is 5. The Morgan fingerprint density at radius 2 is 1.27 bits per heavy atom. The number of fused-ring (bicyclic) bond motifs is 1. The van der Waals surface area contributed by atoms with Gasteiger partial charge < -0.3 is 44.5 Å². The van der Waals surface area contributed by atoms with Crippen molar-refractivity contribution in [3.05, 3.63) is 125 Å². The molecule has 0 aliphatic carbocycles. The van der Waals surface area contributed by atoms with Crippen LogP contribution in [0.15, 0.2) is 76.2 Å². The smallest absolute Gasteiger partial charge is 0.493 e. The number of methoxy groups -OCH3 is 2. The van der Waals surface area contributed by atoms with Crippen LogP contribution >= 0.6 is 0 Å². The molecular weight excluding hydrogens is 725 g/mol. The normalized spacial score (nSPS) is 9.78. The molecule has 0 saturated carbocycles. The zero-order chi connectivity index (χ0) is 28.8. The molecule has 0 unspecified atom stereocenters. The van der Waals surface area contributed by atoms with Crippen LogP contribution in [0.2, 0.25) is 0 Å². The van der Waals surface area contributed by atoms with Crippen LogP contribution in [-0.4, -0.2) is 66.6 Å². The fourth-order valence-corrected chi connectivity index (χ4v) is 3.53. The summed E-state index contributed by atoms with van der Waals surface area (Å²) >= 11 is 0. The third-order valence-electron chi connectivity index (χ3n) is 4.95. The number of benzene rings is 1. The van der Waals surface area contributed by atoms with Crippen LogP contribution in [-0.2, 0) is 19.6 Å². The summed E-state index contributed by atoms with van der Waals surface area (Å²) in [5.74, 6) is 1.08. The van der Waals surface area contributed by atoms with Crippen molar-refractivity contribution >= 4 is 38.3 Å². The van der Waals surface area contributed by atoms with Crippen molar-refractivity contribution in [3.63, 3.8) is 0 Å². The minimum atomic E-state index is -1.75. The van der Waals surface area contributed by atoms with Gasteiger partial charge in [0.2, 0.25) is 0 Å². The van der Waals surface area contributed by atoms with E-state index in [1.54, 1.807) is 32.7 Å². The minimum absolute atomic E-state index is 0. The van der Waals surface area contributed by atoms with Crippen LogP contribution in [0.25, 0.3) is 11.0 Å². The maximum Gasteiger partial charge on any atom is 2.00 e. The quantitative estimate of drug-likeness (QED) is 0.110. The number of hydrogen-bond acceptors (Lipinski definition) is 13. The van der Waals surface area contributed by atoms with Crippen LogP contribution in [0.4, 0.5) is 0 Å². The maximum absolute atomic E-state index is 12.3. The zero-order valence-electron chi connectivity index (χ0n) is 21.3. The van der Waals surface area contributed by atoms with Crippen molar-refractivity contribution in [1.82, 2.24) is 14.9 Å². The Morgan fingerprint density at radius 3 is 1.70 bits per heavy atom. The zero-order valence-corrected chi connectivity index (χ0v) is 25.2.